The SMILES string of the molecule is CC(C)(C)c1ccc(/C=C2\Oc3cc(OS(=O)(=O)c4ccccc4)ccc3C2=O)cc1. The van der Waals surface area contributed by atoms with E-state index < -0.39 is 10.1 Å². The Balaban J connectivity index is 1.56. The molecule has 0 N–H and O–H groups in total. The minimum absolute atomic E-state index is 0.0398. The van der Waals surface area contributed by atoms with E-state index in [0.29, 0.717) is 5.56 Å². The Labute approximate surface area is 182 Å². The summed E-state index contributed by atoms with van der Waals surface area (Å²) in [6, 6.07) is 20.2. The summed E-state index contributed by atoms with van der Waals surface area (Å²) in [5, 5.41) is 0. The molecule has 6 heteroatoms. The van der Waals surface area contributed by atoms with E-state index in [0.717, 1.165) is 5.56 Å². The summed E-state index contributed by atoms with van der Waals surface area (Å²) < 4.78 is 35.8. The van der Waals surface area contributed by atoms with Crippen LogP contribution in [0.5, 0.6) is 11.5 Å². The van der Waals surface area contributed by atoms with Gasteiger partial charge in [-0.25, -0.2) is 0 Å². The number of hydrogen-bond donors (Lipinski definition) is 0. The van der Waals surface area contributed by atoms with Crippen LogP contribution in [-0.4, -0.2) is 14.2 Å². The maximum absolute atomic E-state index is 12.7. The van der Waals surface area contributed by atoms with Crippen LogP contribution < -0.4 is 8.92 Å². The molecule has 3 aromatic carbocycles. The Morgan fingerprint density at radius 3 is 2.23 bits per heavy atom. The van der Waals surface area contributed by atoms with Crippen molar-refractivity contribution in [2.45, 2.75) is 31.1 Å². The molecule has 0 atom stereocenters. The lowest BCUT2D eigenvalue weighted by molar-refractivity contribution is 0.101. The lowest BCUT2D eigenvalue weighted by Gasteiger charge is -2.18. The van der Waals surface area contributed by atoms with E-state index in [2.05, 4.69) is 20.8 Å². The van der Waals surface area contributed by atoms with Gasteiger partial charge in [0.15, 0.2) is 5.76 Å². The molecule has 0 aromatic heterocycles. The molecular formula is C25H22O5S. The molecule has 1 heterocycles. The Kier molecular flexibility index (Phi) is 5.19. The number of carbonyl (C=O) groups is 1. The lowest BCUT2D eigenvalue weighted by Crippen LogP contribution is -2.10. The first kappa shape index (κ1) is 20.9. The normalized spacial score (nSPS) is 14.9. The van der Waals surface area contributed by atoms with Gasteiger partial charge in [0.25, 0.3) is 0 Å². The van der Waals surface area contributed by atoms with Gasteiger partial charge < -0.3 is 8.92 Å². The molecule has 5 nitrogen and oxygen atoms in total. The lowest BCUT2D eigenvalue weighted by atomic mass is 9.86. The molecule has 1 aliphatic rings. The second-order valence-electron chi connectivity index (χ2n) is 8.32. The van der Waals surface area contributed by atoms with Crippen molar-refractivity contribution in [2.24, 2.45) is 0 Å². The summed E-state index contributed by atoms with van der Waals surface area (Å²) in [7, 11) is -3.98. The van der Waals surface area contributed by atoms with Crippen LogP contribution in [0.25, 0.3) is 6.08 Å². The van der Waals surface area contributed by atoms with E-state index in [-0.39, 0.29) is 33.4 Å². The quantitative estimate of drug-likeness (QED) is 0.408. The molecule has 0 unspecified atom stereocenters. The Bertz CT molecular complexity index is 1270. The molecule has 0 radical (unpaired) electrons. The standard InChI is InChI=1S/C25H22O5S/c1-25(2,3)18-11-9-17(10-12-18)15-23-24(26)21-14-13-19(16-22(21)29-23)30-31(27,28)20-7-5-4-6-8-20/h4-16H,1-3H3/b23-15-. The Hall–Kier alpha value is -3.38. The van der Waals surface area contributed by atoms with E-state index in [9.17, 15) is 13.2 Å². The molecule has 0 spiro atoms. The predicted octanol–water partition coefficient (Wildman–Crippen LogP) is 5.37. The summed E-state index contributed by atoms with van der Waals surface area (Å²) in [4.78, 5) is 12.7. The Morgan fingerprint density at radius 2 is 1.58 bits per heavy atom. The van der Waals surface area contributed by atoms with Gasteiger partial charge in [-0.15, -0.1) is 0 Å². The van der Waals surface area contributed by atoms with Crippen molar-refractivity contribution >= 4 is 22.0 Å². The number of ketones is 1. The zero-order valence-electron chi connectivity index (χ0n) is 17.5. The van der Waals surface area contributed by atoms with E-state index in [1.807, 2.05) is 24.3 Å². The van der Waals surface area contributed by atoms with Gasteiger partial charge in [0.2, 0.25) is 5.78 Å². The zero-order valence-corrected chi connectivity index (χ0v) is 18.3. The molecule has 1 aliphatic heterocycles. The monoisotopic (exact) mass is 434 g/mol. The fourth-order valence-corrected chi connectivity index (χ4v) is 4.16. The van der Waals surface area contributed by atoms with Crippen LogP contribution in [0.2, 0.25) is 0 Å². The largest absolute Gasteiger partial charge is 0.452 e. The third-order valence-corrected chi connectivity index (χ3v) is 6.22. The molecule has 0 amide bonds. The highest BCUT2D eigenvalue weighted by molar-refractivity contribution is 7.87. The smallest absolute Gasteiger partial charge is 0.339 e. The molecule has 0 saturated carbocycles. The van der Waals surface area contributed by atoms with Gasteiger partial charge in [-0.2, -0.15) is 8.42 Å². The van der Waals surface area contributed by atoms with Crippen molar-refractivity contribution in [3.05, 3.63) is 95.2 Å². The maximum Gasteiger partial charge on any atom is 0.339 e. The fraction of sp³-hybridized carbons (Fsp3) is 0.160. The second-order valence-corrected chi connectivity index (χ2v) is 9.87. The first-order valence-corrected chi connectivity index (χ1v) is 11.2. The van der Waals surface area contributed by atoms with Crippen molar-refractivity contribution < 1.29 is 22.1 Å². The second kappa shape index (κ2) is 7.71. The number of carbonyl (C=O) groups excluding carboxylic acids is 1. The van der Waals surface area contributed by atoms with Crippen molar-refractivity contribution in [3.8, 4) is 11.5 Å². The van der Waals surface area contributed by atoms with Gasteiger partial charge in [-0.1, -0.05) is 63.2 Å². The molecule has 0 saturated heterocycles. The maximum atomic E-state index is 12.7. The minimum atomic E-state index is -3.98. The highest BCUT2D eigenvalue weighted by Gasteiger charge is 2.28. The number of hydrogen-bond acceptors (Lipinski definition) is 5. The van der Waals surface area contributed by atoms with E-state index in [4.69, 9.17) is 8.92 Å². The first-order valence-electron chi connectivity index (χ1n) is 9.82. The van der Waals surface area contributed by atoms with Crippen molar-refractivity contribution in [1.29, 1.82) is 0 Å². The number of benzene rings is 3. The number of ether oxygens (including phenoxy) is 1. The molecule has 31 heavy (non-hydrogen) atoms. The zero-order chi connectivity index (χ0) is 22.2. The highest BCUT2D eigenvalue weighted by Crippen LogP contribution is 2.36. The average Bonchev–Trinajstić information content (AvgIpc) is 3.03. The van der Waals surface area contributed by atoms with E-state index in [1.54, 1.807) is 24.3 Å². The van der Waals surface area contributed by atoms with E-state index in [1.165, 1.54) is 35.9 Å². The van der Waals surface area contributed by atoms with Crippen LogP contribution >= 0.6 is 0 Å². The summed E-state index contributed by atoms with van der Waals surface area (Å²) in [6.07, 6.45) is 1.68. The molecule has 0 aliphatic carbocycles. The molecule has 158 valence electrons. The molecule has 4 rings (SSSR count). The molecule has 0 fully saturated rings. The van der Waals surface area contributed by atoms with Crippen molar-refractivity contribution in [1.82, 2.24) is 0 Å². The predicted molar refractivity (Wildman–Crippen MR) is 119 cm³/mol. The van der Waals surface area contributed by atoms with Crippen LogP contribution in [0.3, 0.4) is 0 Å². The molecule has 0 bridgehead atoms. The molecule has 3 aromatic rings. The van der Waals surface area contributed by atoms with Crippen molar-refractivity contribution in [3.63, 3.8) is 0 Å². The third kappa shape index (κ3) is 4.39. The average molecular weight is 435 g/mol. The van der Waals surface area contributed by atoms with Gasteiger partial charge >= 0.3 is 10.1 Å². The van der Waals surface area contributed by atoms with Crippen LogP contribution in [-0.2, 0) is 15.5 Å². The third-order valence-electron chi connectivity index (χ3n) is 4.95. The summed E-state index contributed by atoms with van der Waals surface area (Å²) in [5.74, 6) is 0.267. The summed E-state index contributed by atoms with van der Waals surface area (Å²) in [6.45, 7) is 6.41. The molecular weight excluding hydrogens is 412 g/mol. The van der Waals surface area contributed by atoms with Crippen LogP contribution in [0.4, 0.5) is 0 Å². The Morgan fingerprint density at radius 1 is 0.903 bits per heavy atom. The van der Waals surface area contributed by atoms with Crippen LogP contribution in [0.1, 0.15) is 42.3 Å². The minimum Gasteiger partial charge on any atom is -0.452 e. The summed E-state index contributed by atoms with van der Waals surface area (Å²) >= 11 is 0. The van der Waals surface area contributed by atoms with Crippen molar-refractivity contribution in [2.75, 3.05) is 0 Å². The number of rotatable bonds is 4. The highest BCUT2D eigenvalue weighted by atomic mass is 32.2. The summed E-state index contributed by atoms with van der Waals surface area (Å²) in [5.41, 5.74) is 2.44. The topological polar surface area (TPSA) is 69.7 Å². The van der Waals surface area contributed by atoms with Crippen LogP contribution in [0.15, 0.2) is 83.5 Å². The number of fused-ring (bicyclic) bond motifs is 1. The van der Waals surface area contributed by atoms with Gasteiger partial charge in [0.05, 0.1) is 5.56 Å². The van der Waals surface area contributed by atoms with Gasteiger partial charge in [0.1, 0.15) is 16.4 Å². The number of allylic oxidation sites excluding steroid dienone is 1. The first-order chi connectivity index (χ1) is 14.6. The van der Waals surface area contributed by atoms with Crippen LogP contribution in [0, 0.1) is 0 Å². The van der Waals surface area contributed by atoms with E-state index >= 15 is 0 Å². The van der Waals surface area contributed by atoms with Gasteiger partial charge in [0, 0.05) is 6.07 Å². The van der Waals surface area contributed by atoms with Gasteiger partial charge in [-0.05, 0) is 46.9 Å². The number of Topliss-reactive ketones (excluding diaryl/α,β-unsaturated/α-hetero) is 1. The fourth-order valence-electron chi connectivity index (χ4n) is 3.21. The van der Waals surface area contributed by atoms with Gasteiger partial charge in [-0.3, -0.25) is 4.79 Å².